The number of carbonyl (C=O) groups excluding carboxylic acids is 3. The summed E-state index contributed by atoms with van der Waals surface area (Å²) in [5.74, 6) is 0.0100. The number of hydrogen-bond acceptors (Lipinski definition) is 4. The Morgan fingerprint density at radius 1 is 0.516 bits per heavy atom. The predicted octanol–water partition coefficient (Wildman–Crippen LogP) is 15.4. The number of imide groups is 1. The molecule has 8 aromatic rings. The lowest BCUT2D eigenvalue weighted by atomic mass is 9.81. The van der Waals surface area contributed by atoms with Crippen LogP contribution in [0.4, 0.5) is 11.4 Å². The minimum Gasteiger partial charge on any atom is -0.303 e. The van der Waals surface area contributed by atoms with Crippen LogP contribution in [0.25, 0.3) is 43.1 Å². The van der Waals surface area contributed by atoms with Gasteiger partial charge in [0.1, 0.15) is 0 Å². The Bertz CT molecular complexity index is 3180. The Kier molecular flexibility index (Phi) is 9.69. The van der Waals surface area contributed by atoms with Gasteiger partial charge in [0.05, 0.1) is 23.5 Å². The van der Waals surface area contributed by atoms with Gasteiger partial charge in [-0.05, 0) is 105 Å². The molecule has 8 aromatic carbocycles. The lowest BCUT2D eigenvalue weighted by Gasteiger charge is -2.35. The number of halogens is 1. The Morgan fingerprint density at radius 3 is 1.63 bits per heavy atom. The smallest absolute Gasteiger partial charge is 0.266 e. The molecule has 0 aromatic heterocycles. The first-order chi connectivity index (χ1) is 29.7. The van der Waals surface area contributed by atoms with Gasteiger partial charge in [0.25, 0.3) is 17.7 Å². The molecule has 0 atom stereocenters. The van der Waals surface area contributed by atoms with Crippen LogP contribution in [-0.2, 0) is 6.54 Å². The van der Waals surface area contributed by atoms with Crippen molar-refractivity contribution >= 4 is 99.9 Å². The summed E-state index contributed by atoms with van der Waals surface area (Å²) in [5.41, 5.74) is 9.95. The molecular weight excluding hydrogens is 849 g/mol. The van der Waals surface area contributed by atoms with Crippen LogP contribution in [-0.4, -0.2) is 17.7 Å². The molecule has 2 aliphatic rings. The number of amides is 3. The summed E-state index contributed by atoms with van der Waals surface area (Å²) in [7, 11) is 0. The van der Waals surface area contributed by atoms with E-state index in [1.807, 2.05) is 35.2 Å². The first-order valence-electron chi connectivity index (χ1n) is 21.8. The number of nitrogens with zero attached hydrogens (tertiary/aromatic N) is 2. The summed E-state index contributed by atoms with van der Waals surface area (Å²) in [6, 6.07) is 33.5. The maximum Gasteiger partial charge on any atom is 0.266 e. The van der Waals surface area contributed by atoms with E-state index in [0.717, 1.165) is 74.3 Å². The number of para-hydroxylation sites is 2. The maximum absolute atomic E-state index is 15.4. The quantitative estimate of drug-likeness (QED) is 0.0866. The second-order valence-corrected chi connectivity index (χ2v) is 20.4. The van der Waals surface area contributed by atoms with Gasteiger partial charge in [0.2, 0.25) is 0 Å². The molecule has 0 unspecified atom stereocenters. The minimum atomic E-state index is -0.319. The van der Waals surface area contributed by atoms with Gasteiger partial charge in [-0.15, -0.1) is 0 Å². The molecule has 0 saturated carbocycles. The highest BCUT2D eigenvalue weighted by molar-refractivity contribution is 9.10. The molecule has 0 spiro atoms. The molecule has 3 amide bonds. The van der Waals surface area contributed by atoms with Gasteiger partial charge in [-0.3, -0.25) is 14.4 Å². The van der Waals surface area contributed by atoms with Crippen LogP contribution in [0.2, 0.25) is 0 Å². The van der Waals surface area contributed by atoms with Crippen LogP contribution in [0, 0.1) is 6.92 Å². The predicted molar refractivity (Wildman–Crippen MR) is 262 cm³/mol. The molecule has 310 valence electrons. The second-order valence-electron chi connectivity index (χ2n) is 18.5. The van der Waals surface area contributed by atoms with E-state index in [4.69, 9.17) is 0 Å². The van der Waals surface area contributed by atoms with Crippen LogP contribution in [0.1, 0.15) is 144 Å². The Balaban J connectivity index is 1.28. The van der Waals surface area contributed by atoms with Crippen LogP contribution >= 0.6 is 27.7 Å². The van der Waals surface area contributed by atoms with Gasteiger partial charge in [-0.2, -0.15) is 0 Å². The molecule has 0 bridgehead atoms. The number of rotatable bonds is 8. The number of aryl methyl sites for hydroxylation is 1. The van der Waals surface area contributed by atoms with Crippen molar-refractivity contribution in [2.75, 3.05) is 9.80 Å². The molecule has 2 heterocycles. The summed E-state index contributed by atoms with van der Waals surface area (Å²) in [6.07, 6.45) is 0. The third kappa shape index (κ3) is 5.91. The normalized spacial score (nSPS) is 14.3. The topological polar surface area (TPSA) is 57.7 Å². The van der Waals surface area contributed by atoms with Gasteiger partial charge >= 0.3 is 0 Å². The van der Waals surface area contributed by atoms with Crippen molar-refractivity contribution in [2.24, 2.45) is 0 Å². The van der Waals surface area contributed by atoms with E-state index in [1.54, 1.807) is 11.8 Å². The molecule has 7 heteroatoms. The van der Waals surface area contributed by atoms with E-state index in [-0.39, 0.29) is 41.4 Å². The molecule has 0 radical (unpaired) electrons. The first-order valence-corrected chi connectivity index (χ1v) is 23.4. The lowest BCUT2D eigenvalue weighted by molar-refractivity contribution is 0.0891. The number of benzene rings is 8. The summed E-state index contributed by atoms with van der Waals surface area (Å²) in [5, 5.41) is 7.45. The molecule has 0 fully saturated rings. The highest BCUT2D eigenvalue weighted by Gasteiger charge is 2.40. The third-order valence-corrected chi connectivity index (χ3v) is 14.9. The molecular formula is C55H49BrN2O3S. The number of hydrogen-bond donors (Lipinski definition) is 0. The van der Waals surface area contributed by atoms with Crippen molar-refractivity contribution in [3.05, 3.63) is 152 Å². The molecule has 5 nitrogen and oxygen atoms in total. The van der Waals surface area contributed by atoms with E-state index in [0.29, 0.717) is 34.3 Å². The Labute approximate surface area is 375 Å². The lowest BCUT2D eigenvalue weighted by Crippen LogP contribution is -2.41. The van der Waals surface area contributed by atoms with Gasteiger partial charge in [0, 0.05) is 52.3 Å². The number of fused-ring (bicyclic) bond motifs is 2. The van der Waals surface area contributed by atoms with Gasteiger partial charge < -0.3 is 4.90 Å². The Hall–Kier alpha value is -5.50. The van der Waals surface area contributed by atoms with Crippen molar-refractivity contribution in [1.29, 1.82) is 0 Å². The SMILES string of the molecule is Cc1ccc(Sc2cc3c4c(ccc5c6c(Br)cc7c8c(ccc(c2c45)c86)C(=O)N(c2c(C(C)C)cccc2C(C)C)C7=O)CN(c2c(C(C)C)cccc2C(C)C)C3=O)cc1. The average molecular weight is 898 g/mol. The zero-order chi connectivity index (χ0) is 43.6. The Morgan fingerprint density at radius 2 is 1.03 bits per heavy atom. The van der Waals surface area contributed by atoms with E-state index in [9.17, 15) is 0 Å². The zero-order valence-corrected chi connectivity index (χ0v) is 39.1. The molecule has 2 aliphatic heterocycles. The van der Waals surface area contributed by atoms with Crippen molar-refractivity contribution in [1.82, 2.24) is 0 Å². The third-order valence-electron chi connectivity index (χ3n) is 13.2. The monoisotopic (exact) mass is 896 g/mol. The summed E-state index contributed by atoms with van der Waals surface area (Å²) >= 11 is 5.66. The van der Waals surface area contributed by atoms with E-state index in [2.05, 4.69) is 145 Å². The van der Waals surface area contributed by atoms with Crippen LogP contribution in [0.3, 0.4) is 0 Å². The van der Waals surface area contributed by atoms with Crippen LogP contribution < -0.4 is 9.80 Å². The summed E-state index contributed by atoms with van der Waals surface area (Å²) < 4.78 is 0.776. The fourth-order valence-corrected chi connectivity index (χ4v) is 11.9. The largest absolute Gasteiger partial charge is 0.303 e. The van der Waals surface area contributed by atoms with E-state index >= 15 is 14.4 Å². The van der Waals surface area contributed by atoms with Crippen molar-refractivity contribution in [3.63, 3.8) is 0 Å². The van der Waals surface area contributed by atoms with Crippen molar-refractivity contribution in [3.8, 4) is 0 Å². The van der Waals surface area contributed by atoms with Crippen molar-refractivity contribution in [2.45, 2.75) is 102 Å². The van der Waals surface area contributed by atoms with Gasteiger partial charge in [-0.25, -0.2) is 4.90 Å². The number of carbonyl (C=O) groups is 3. The highest BCUT2D eigenvalue weighted by Crippen LogP contribution is 2.53. The zero-order valence-electron chi connectivity index (χ0n) is 36.7. The van der Waals surface area contributed by atoms with Gasteiger partial charge in [-0.1, -0.05) is 155 Å². The molecule has 62 heavy (non-hydrogen) atoms. The standard InChI is InChI=1S/C55H49BrN2O3S/c1-27(2)34-12-10-13-35(28(3)4)51(34)57-26-32-18-21-38-47-43(56)24-41-46-40(54(60)58(55(41)61)52-36(29(5)6)14-11-15-37(52)30(7)8)23-22-39(50(46)47)48-44(62-33-19-16-31(9)17-20-33)25-42(53(57)59)45(32)49(38)48/h10-25,27-30H,26H2,1-9H3. The number of anilines is 2. The minimum absolute atomic E-state index is 0.00389. The molecule has 0 aliphatic carbocycles. The van der Waals surface area contributed by atoms with Crippen molar-refractivity contribution < 1.29 is 14.4 Å². The van der Waals surface area contributed by atoms with Crippen LogP contribution in [0.5, 0.6) is 0 Å². The molecule has 0 saturated heterocycles. The van der Waals surface area contributed by atoms with Gasteiger partial charge in [0.15, 0.2) is 0 Å². The fourth-order valence-electron chi connectivity index (χ4n) is 10.3. The maximum atomic E-state index is 15.4. The fraction of sp³-hybridized carbons (Fsp3) is 0.255. The van der Waals surface area contributed by atoms with E-state index < -0.39 is 0 Å². The van der Waals surface area contributed by atoms with E-state index in [1.165, 1.54) is 21.6 Å². The molecule has 10 rings (SSSR count). The second kappa shape index (κ2) is 14.8. The van der Waals surface area contributed by atoms with Crippen LogP contribution in [0.15, 0.2) is 111 Å². The molecule has 0 N–H and O–H groups in total. The summed E-state index contributed by atoms with van der Waals surface area (Å²) in [6.45, 7) is 19.8. The first kappa shape index (κ1) is 40.6. The average Bonchev–Trinajstić information content (AvgIpc) is 3.24. The summed E-state index contributed by atoms with van der Waals surface area (Å²) in [4.78, 5) is 51.0. The highest BCUT2D eigenvalue weighted by atomic mass is 79.9.